The maximum atomic E-state index is 12.7. The van der Waals surface area contributed by atoms with Gasteiger partial charge in [-0.25, -0.2) is 0 Å². The van der Waals surface area contributed by atoms with Gasteiger partial charge in [-0.15, -0.1) is 0 Å². The van der Waals surface area contributed by atoms with Crippen LogP contribution in [0.2, 0.25) is 0 Å². The summed E-state index contributed by atoms with van der Waals surface area (Å²) in [6.07, 6.45) is 49.5. The average Bonchev–Trinajstić information content (AvgIpc) is 3.10. The van der Waals surface area contributed by atoms with E-state index in [0.717, 1.165) is 103 Å². The van der Waals surface area contributed by atoms with Crippen molar-refractivity contribution in [2.75, 3.05) is 40.9 Å². The summed E-state index contributed by atoms with van der Waals surface area (Å²) in [6, 6.07) is -0.899. The van der Waals surface area contributed by atoms with E-state index in [2.05, 4.69) is 104 Å². The highest BCUT2D eigenvalue weighted by atomic mass is 31.2. The zero-order chi connectivity index (χ0) is 39.3. The van der Waals surface area contributed by atoms with Crippen LogP contribution in [0.15, 0.2) is 97.2 Å². The van der Waals surface area contributed by atoms with Gasteiger partial charge in [0, 0.05) is 6.42 Å². The molecular weight excluding hydrogens is 683 g/mol. The number of nitrogens with one attached hydrogen (secondary N) is 1. The summed E-state index contributed by atoms with van der Waals surface area (Å²) in [4.78, 5) is 25.0. The topological polar surface area (TPSA) is 108 Å². The van der Waals surface area contributed by atoms with Crippen LogP contribution < -0.4 is 10.2 Å². The maximum Gasteiger partial charge on any atom is 0.268 e. The Hall–Kier alpha value is -2.58. The lowest BCUT2D eigenvalue weighted by Gasteiger charge is -2.29. The zero-order valence-electron chi connectivity index (χ0n) is 33.9. The van der Waals surface area contributed by atoms with Gasteiger partial charge in [0.2, 0.25) is 5.91 Å². The number of rotatable bonds is 34. The van der Waals surface area contributed by atoms with Crippen molar-refractivity contribution in [1.29, 1.82) is 0 Å². The monoisotopic (exact) mass is 759 g/mol. The predicted octanol–water partition coefficient (Wildman–Crippen LogP) is 10.2. The van der Waals surface area contributed by atoms with Crippen molar-refractivity contribution in [3.8, 4) is 0 Å². The SMILES string of the molecule is CC/C=C\C/C=C\C/C=C\C/C=C\C/C=C\C/C=C\C/C=C\CCCCCCCC(=O)NC(COP(=O)([O-])OCC[N+](C)(C)C)C(O)/C=C/CCCC. The van der Waals surface area contributed by atoms with Gasteiger partial charge in [0.1, 0.15) is 13.2 Å². The Morgan fingerprint density at radius 3 is 1.66 bits per heavy atom. The molecule has 302 valence electrons. The first-order valence-electron chi connectivity index (χ1n) is 20.1. The van der Waals surface area contributed by atoms with E-state index >= 15 is 0 Å². The van der Waals surface area contributed by atoms with Crippen LogP contribution in [0.1, 0.15) is 123 Å². The number of hydrogen-bond donors (Lipinski definition) is 2. The van der Waals surface area contributed by atoms with Gasteiger partial charge in [-0.3, -0.25) is 9.36 Å². The summed E-state index contributed by atoms with van der Waals surface area (Å²) >= 11 is 0. The molecule has 0 radical (unpaired) electrons. The average molecular weight is 759 g/mol. The van der Waals surface area contributed by atoms with Crippen LogP contribution in [0.25, 0.3) is 0 Å². The van der Waals surface area contributed by atoms with Gasteiger partial charge in [-0.2, -0.15) is 0 Å². The van der Waals surface area contributed by atoms with Crippen molar-refractivity contribution in [3.63, 3.8) is 0 Å². The van der Waals surface area contributed by atoms with Crippen LogP contribution in [-0.4, -0.2) is 68.5 Å². The normalized spacial score (nSPS) is 15.5. The van der Waals surface area contributed by atoms with E-state index in [4.69, 9.17) is 9.05 Å². The fourth-order valence-corrected chi connectivity index (χ4v) is 5.54. The molecule has 8 nitrogen and oxygen atoms in total. The highest BCUT2D eigenvalue weighted by Gasteiger charge is 2.23. The lowest BCUT2D eigenvalue weighted by molar-refractivity contribution is -0.870. The Morgan fingerprint density at radius 2 is 1.15 bits per heavy atom. The number of allylic oxidation sites excluding steroid dienone is 15. The Morgan fingerprint density at radius 1 is 0.679 bits per heavy atom. The molecule has 0 heterocycles. The highest BCUT2D eigenvalue weighted by Crippen LogP contribution is 2.38. The van der Waals surface area contributed by atoms with E-state index in [0.29, 0.717) is 17.4 Å². The summed E-state index contributed by atoms with van der Waals surface area (Å²) in [5.41, 5.74) is 0. The number of aliphatic hydroxyl groups is 1. The van der Waals surface area contributed by atoms with Crippen LogP contribution in [0.5, 0.6) is 0 Å². The molecule has 0 aromatic rings. The molecule has 0 bridgehead atoms. The Balaban J connectivity index is 4.15. The second-order valence-electron chi connectivity index (χ2n) is 14.3. The molecule has 0 saturated carbocycles. The number of phosphoric acid groups is 1. The van der Waals surface area contributed by atoms with Gasteiger partial charge in [-0.05, 0) is 70.6 Å². The molecule has 0 fully saturated rings. The number of unbranched alkanes of at least 4 members (excludes halogenated alkanes) is 7. The van der Waals surface area contributed by atoms with Gasteiger partial charge >= 0.3 is 0 Å². The van der Waals surface area contributed by atoms with E-state index in [1.54, 1.807) is 6.08 Å². The van der Waals surface area contributed by atoms with Crippen molar-refractivity contribution < 1.29 is 32.9 Å². The van der Waals surface area contributed by atoms with E-state index in [9.17, 15) is 19.4 Å². The third kappa shape index (κ3) is 37.5. The number of phosphoric ester groups is 1. The molecule has 0 saturated heterocycles. The first kappa shape index (κ1) is 50.4. The maximum absolute atomic E-state index is 12.7. The van der Waals surface area contributed by atoms with Gasteiger partial charge in [0.15, 0.2) is 0 Å². The van der Waals surface area contributed by atoms with E-state index in [-0.39, 0.29) is 12.5 Å². The minimum Gasteiger partial charge on any atom is -0.756 e. The van der Waals surface area contributed by atoms with Crippen molar-refractivity contribution >= 4 is 13.7 Å². The summed E-state index contributed by atoms with van der Waals surface area (Å²) in [5, 5.41) is 13.4. The summed E-state index contributed by atoms with van der Waals surface area (Å²) in [7, 11) is 1.22. The van der Waals surface area contributed by atoms with Crippen LogP contribution in [0.4, 0.5) is 0 Å². The van der Waals surface area contributed by atoms with Crippen LogP contribution in [-0.2, 0) is 18.4 Å². The summed E-state index contributed by atoms with van der Waals surface area (Å²) < 4.78 is 22.9. The van der Waals surface area contributed by atoms with Gasteiger partial charge in [-0.1, -0.05) is 143 Å². The van der Waals surface area contributed by atoms with E-state index < -0.39 is 26.6 Å². The summed E-state index contributed by atoms with van der Waals surface area (Å²) in [5.74, 6) is -0.233. The Labute approximate surface area is 324 Å². The number of carbonyl (C=O) groups excluding carboxylic acids is 1. The smallest absolute Gasteiger partial charge is 0.268 e. The molecule has 0 aliphatic rings. The molecule has 3 atom stereocenters. The van der Waals surface area contributed by atoms with Crippen LogP contribution in [0.3, 0.4) is 0 Å². The number of likely N-dealkylation sites (N-methyl/N-ethyl adjacent to an activating group) is 1. The summed E-state index contributed by atoms with van der Waals surface area (Å²) in [6.45, 7) is 4.31. The molecule has 53 heavy (non-hydrogen) atoms. The lowest BCUT2D eigenvalue weighted by Crippen LogP contribution is -2.45. The number of carbonyl (C=O) groups is 1. The van der Waals surface area contributed by atoms with Gasteiger partial charge in [0.05, 0.1) is 39.9 Å². The third-order valence-corrected chi connectivity index (χ3v) is 9.01. The fourth-order valence-electron chi connectivity index (χ4n) is 4.82. The second kappa shape index (κ2) is 35.1. The molecule has 0 rings (SSSR count). The minimum atomic E-state index is -4.58. The number of quaternary nitrogens is 1. The van der Waals surface area contributed by atoms with Crippen molar-refractivity contribution in [2.24, 2.45) is 0 Å². The quantitative estimate of drug-likeness (QED) is 0.0293. The first-order chi connectivity index (χ1) is 25.5. The van der Waals surface area contributed by atoms with E-state index in [1.165, 1.54) is 0 Å². The number of aliphatic hydroxyl groups excluding tert-OH is 1. The van der Waals surface area contributed by atoms with E-state index in [1.807, 2.05) is 27.2 Å². The first-order valence-corrected chi connectivity index (χ1v) is 21.6. The Bertz CT molecular complexity index is 1180. The molecule has 0 aromatic carbocycles. The number of hydrogen-bond acceptors (Lipinski definition) is 6. The molecule has 3 unspecified atom stereocenters. The largest absolute Gasteiger partial charge is 0.756 e. The minimum absolute atomic E-state index is 0.0125. The molecule has 9 heteroatoms. The molecule has 1 amide bonds. The van der Waals surface area contributed by atoms with Gasteiger partial charge in [0.25, 0.3) is 7.82 Å². The lowest BCUT2D eigenvalue weighted by atomic mass is 10.1. The standard InChI is InChI=1S/C44H75N2O6P/c1-6-8-10-12-13-14-15-16-17-18-19-20-21-22-23-24-25-26-27-28-29-30-31-32-33-34-36-38-44(48)45-42(43(47)37-35-11-9-7-2)41-52-53(49,50)51-40-39-46(3,4)5/h8,10,13-14,16-17,19-20,22-23,25-26,28-29,35,37,42-43,47H,6-7,9,11-12,15,18,21,24,27,30-34,36,38-41H2,1-5H3,(H-,45,48,49,50)/b10-8-,14-13-,17-16-,20-19-,23-22-,26-25-,29-28-,37-35+. The molecule has 0 aliphatic heterocycles. The molecule has 0 aliphatic carbocycles. The highest BCUT2D eigenvalue weighted by molar-refractivity contribution is 7.45. The molecule has 2 N–H and O–H groups in total. The van der Waals surface area contributed by atoms with Crippen LogP contribution in [0, 0.1) is 0 Å². The second-order valence-corrected chi connectivity index (χ2v) is 15.7. The molecule has 0 aromatic heterocycles. The van der Waals surface area contributed by atoms with Gasteiger partial charge < -0.3 is 28.8 Å². The van der Waals surface area contributed by atoms with Crippen molar-refractivity contribution in [1.82, 2.24) is 5.32 Å². The van der Waals surface area contributed by atoms with Crippen molar-refractivity contribution in [2.45, 2.75) is 135 Å². The zero-order valence-corrected chi connectivity index (χ0v) is 34.8. The molecular formula is C44H75N2O6P. The Kier molecular flexibility index (Phi) is 33.4. The predicted molar refractivity (Wildman–Crippen MR) is 223 cm³/mol. The third-order valence-electron chi connectivity index (χ3n) is 8.05. The molecule has 0 spiro atoms. The number of amides is 1. The number of nitrogens with zero attached hydrogens (tertiary/aromatic N) is 1. The van der Waals surface area contributed by atoms with Crippen molar-refractivity contribution in [3.05, 3.63) is 97.2 Å². The van der Waals surface area contributed by atoms with Crippen LogP contribution >= 0.6 is 7.82 Å². The fraction of sp³-hybridized carbons (Fsp3) is 0.614.